The van der Waals surface area contributed by atoms with Crippen molar-refractivity contribution < 1.29 is 26.7 Å². The Kier molecular flexibility index (Phi) is 5.80. The first-order chi connectivity index (χ1) is 16.6. The van der Waals surface area contributed by atoms with Gasteiger partial charge in [0.05, 0.1) is 23.4 Å². The van der Waals surface area contributed by atoms with E-state index in [0.717, 1.165) is 16.9 Å². The van der Waals surface area contributed by atoms with Gasteiger partial charge in [-0.3, -0.25) is 9.78 Å². The summed E-state index contributed by atoms with van der Waals surface area (Å²) >= 11 is 0. The van der Waals surface area contributed by atoms with E-state index in [1.54, 1.807) is 11.1 Å². The predicted octanol–water partition coefficient (Wildman–Crippen LogP) is 3.52. The molecule has 5 rings (SSSR count). The number of fused-ring (bicyclic) bond motifs is 1. The highest BCUT2D eigenvalue weighted by Gasteiger charge is 2.48. The molecule has 0 unspecified atom stereocenters. The van der Waals surface area contributed by atoms with Crippen molar-refractivity contribution in [3.05, 3.63) is 42.0 Å². The Morgan fingerprint density at radius 2 is 1.77 bits per heavy atom. The summed E-state index contributed by atoms with van der Waals surface area (Å²) in [5.41, 5.74) is -0.362. The van der Waals surface area contributed by atoms with Gasteiger partial charge in [0.15, 0.2) is 5.65 Å². The van der Waals surface area contributed by atoms with Crippen molar-refractivity contribution in [2.75, 3.05) is 24.5 Å². The molecular formula is C22H22F5N7O. The normalized spacial score (nSPS) is 18.4. The minimum atomic E-state index is -4.49. The fraction of sp³-hybridized carbons (Fsp3) is 0.500. The lowest BCUT2D eigenvalue weighted by atomic mass is 9.77. The number of amides is 1. The summed E-state index contributed by atoms with van der Waals surface area (Å²) < 4.78 is 65.7. The topological polar surface area (TPSA) is 80.0 Å². The summed E-state index contributed by atoms with van der Waals surface area (Å²) in [5.74, 6) is 0.465. The summed E-state index contributed by atoms with van der Waals surface area (Å²) in [6.07, 6.45) is -0.243. The molecule has 0 radical (unpaired) electrons. The molecule has 0 aromatic carbocycles. The van der Waals surface area contributed by atoms with Crippen LogP contribution in [0.3, 0.4) is 0 Å². The minimum absolute atomic E-state index is 0.0638. The Bertz CT molecular complexity index is 1240. The van der Waals surface area contributed by atoms with Crippen LogP contribution in [0.25, 0.3) is 11.2 Å². The van der Waals surface area contributed by atoms with Gasteiger partial charge in [-0.05, 0) is 30.9 Å². The molecule has 3 aromatic rings. The Morgan fingerprint density at radius 1 is 1.03 bits per heavy atom. The molecule has 8 nitrogen and oxygen atoms in total. The van der Waals surface area contributed by atoms with Gasteiger partial charge in [-0.15, -0.1) is 0 Å². The number of aromatic nitrogens is 5. The molecule has 35 heavy (non-hydrogen) atoms. The fourth-order valence-electron chi connectivity index (χ4n) is 4.88. The van der Waals surface area contributed by atoms with Crippen LogP contribution in [0.2, 0.25) is 0 Å². The zero-order chi connectivity index (χ0) is 24.8. The van der Waals surface area contributed by atoms with Crippen LogP contribution in [0.1, 0.15) is 30.4 Å². The summed E-state index contributed by atoms with van der Waals surface area (Å²) in [7, 11) is 0. The third-order valence-electron chi connectivity index (χ3n) is 6.78. The SMILES string of the molecule is O=C1N(Cc2cncc(C(F)(F)F)c2)CCC12CCN(c1cnc3cnn(CC(F)F)c3n1)CC2. The molecule has 0 saturated carbocycles. The molecule has 5 heterocycles. The first kappa shape index (κ1) is 23.4. The van der Waals surface area contributed by atoms with Crippen LogP contribution in [-0.4, -0.2) is 61.6 Å². The monoisotopic (exact) mass is 495 g/mol. The van der Waals surface area contributed by atoms with Crippen LogP contribution < -0.4 is 4.90 Å². The minimum Gasteiger partial charge on any atom is -0.355 e. The molecule has 186 valence electrons. The lowest BCUT2D eigenvalue weighted by Crippen LogP contribution is -2.45. The van der Waals surface area contributed by atoms with Crippen molar-refractivity contribution in [3.8, 4) is 0 Å². The quantitative estimate of drug-likeness (QED) is 0.504. The maximum atomic E-state index is 13.3. The van der Waals surface area contributed by atoms with Crippen LogP contribution in [0.4, 0.5) is 27.8 Å². The van der Waals surface area contributed by atoms with Gasteiger partial charge in [-0.2, -0.15) is 18.3 Å². The molecule has 2 saturated heterocycles. The molecule has 0 aliphatic carbocycles. The molecule has 2 fully saturated rings. The van der Waals surface area contributed by atoms with Crippen molar-refractivity contribution in [3.63, 3.8) is 0 Å². The van der Waals surface area contributed by atoms with Gasteiger partial charge in [0.2, 0.25) is 5.91 Å². The Hall–Kier alpha value is -3.38. The van der Waals surface area contributed by atoms with Crippen molar-refractivity contribution in [1.82, 2.24) is 29.6 Å². The first-order valence-electron chi connectivity index (χ1n) is 11.2. The standard InChI is InChI=1S/C22H22F5N7O/c23-17(24)13-34-19-16(10-30-34)29-11-18(31-19)32-4-1-21(2-5-32)3-6-33(20(21)35)12-14-7-15(9-28-8-14)22(25,26)27/h7-11,17H,1-6,12-13H2. The zero-order valence-corrected chi connectivity index (χ0v) is 18.5. The summed E-state index contributed by atoms with van der Waals surface area (Å²) in [4.78, 5) is 29.3. The van der Waals surface area contributed by atoms with E-state index in [9.17, 15) is 26.7 Å². The molecular weight excluding hydrogens is 473 g/mol. The largest absolute Gasteiger partial charge is 0.417 e. The van der Waals surface area contributed by atoms with E-state index < -0.39 is 30.1 Å². The summed E-state index contributed by atoms with van der Waals surface area (Å²) in [6.45, 7) is 1.02. The fourth-order valence-corrected chi connectivity index (χ4v) is 4.88. The van der Waals surface area contributed by atoms with Gasteiger partial charge in [-0.25, -0.2) is 23.4 Å². The smallest absolute Gasteiger partial charge is 0.355 e. The Labute approximate surface area is 196 Å². The van der Waals surface area contributed by atoms with E-state index in [2.05, 4.69) is 20.1 Å². The maximum absolute atomic E-state index is 13.3. The number of hydrogen-bond donors (Lipinski definition) is 0. The average molecular weight is 495 g/mol. The first-order valence-corrected chi connectivity index (χ1v) is 11.2. The number of rotatable bonds is 5. The van der Waals surface area contributed by atoms with Crippen LogP contribution in [-0.2, 0) is 24.1 Å². The number of likely N-dealkylation sites (tertiary alicyclic amines) is 1. The van der Waals surface area contributed by atoms with Gasteiger partial charge in [0.25, 0.3) is 6.43 Å². The van der Waals surface area contributed by atoms with Crippen LogP contribution in [0.15, 0.2) is 30.9 Å². The number of pyridine rings is 1. The van der Waals surface area contributed by atoms with E-state index >= 15 is 0 Å². The number of carbonyl (C=O) groups is 1. The second-order valence-corrected chi connectivity index (χ2v) is 8.98. The lowest BCUT2D eigenvalue weighted by Gasteiger charge is -2.38. The number of halogens is 5. The third kappa shape index (κ3) is 4.50. The van der Waals surface area contributed by atoms with E-state index in [0.29, 0.717) is 55.8 Å². The molecule has 3 aromatic heterocycles. The van der Waals surface area contributed by atoms with Gasteiger partial charge < -0.3 is 9.80 Å². The van der Waals surface area contributed by atoms with E-state index in [-0.39, 0.29) is 18.1 Å². The van der Waals surface area contributed by atoms with Crippen LogP contribution >= 0.6 is 0 Å². The highest BCUT2D eigenvalue weighted by atomic mass is 19.4. The number of piperidine rings is 1. The van der Waals surface area contributed by atoms with E-state index in [4.69, 9.17) is 0 Å². The van der Waals surface area contributed by atoms with Crippen LogP contribution in [0, 0.1) is 5.41 Å². The number of nitrogens with zero attached hydrogens (tertiary/aromatic N) is 7. The molecule has 2 aliphatic heterocycles. The van der Waals surface area contributed by atoms with Crippen molar-refractivity contribution >= 4 is 22.9 Å². The second kappa shape index (κ2) is 8.68. The maximum Gasteiger partial charge on any atom is 0.417 e. The molecule has 2 aliphatic rings. The third-order valence-corrected chi connectivity index (χ3v) is 6.78. The predicted molar refractivity (Wildman–Crippen MR) is 114 cm³/mol. The second-order valence-electron chi connectivity index (χ2n) is 8.98. The Balaban J connectivity index is 1.26. The highest BCUT2D eigenvalue weighted by molar-refractivity contribution is 5.85. The summed E-state index contributed by atoms with van der Waals surface area (Å²) in [5, 5.41) is 3.93. The number of carbonyl (C=O) groups excluding carboxylic acids is 1. The van der Waals surface area contributed by atoms with Gasteiger partial charge in [0.1, 0.15) is 17.9 Å². The Morgan fingerprint density at radius 3 is 2.49 bits per heavy atom. The lowest BCUT2D eigenvalue weighted by molar-refractivity contribution is -0.137. The molecule has 0 N–H and O–H groups in total. The van der Waals surface area contributed by atoms with Crippen LogP contribution in [0.5, 0.6) is 0 Å². The van der Waals surface area contributed by atoms with Gasteiger partial charge >= 0.3 is 6.18 Å². The number of anilines is 1. The van der Waals surface area contributed by atoms with Crippen molar-refractivity contribution in [2.24, 2.45) is 5.41 Å². The number of hydrogen-bond acceptors (Lipinski definition) is 6. The van der Waals surface area contributed by atoms with Crippen molar-refractivity contribution in [1.29, 1.82) is 0 Å². The molecule has 0 bridgehead atoms. The summed E-state index contributed by atoms with van der Waals surface area (Å²) in [6, 6.07) is 1.03. The molecule has 1 spiro atoms. The highest BCUT2D eigenvalue weighted by Crippen LogP contribution is 2.43. The molecule has 0 atom stereocenters. The van der Waals surface area contributed by atoms with E-state index in [1.807, 2.05) is 4.90 Å². The average Bonchev–Trinajstić information content (AvgIpc) is 3.35. The van der Waals surface area contributed by atoms with Crippen molar-refractivity contribution in [2.45, 2.75) is 45.0 Å². The van der Waals surface area contributed by atoms with Gasteiger partial charge in [0, 0.05) is 38.6 Å². The molecule has 1 amide bonds. The zero-order valence-electron chi connectivity index (χ0n) is 18.5. The van der Waals surface area contributed by atoms with Gasteiger partial charge in [-0.1, -0.05) is 0 Å². The molecule has 13 heteroatoms. The number of alkyl halides is 5. The van der Waals surface area contributed by atoms with E-state index in [1.165, 1.54) is 12.4 Å².